The van der Waals surface area contributed by atoms with Crippen molar-refractivity contribution in [2.75, 3.05) is 19.0 Å². The van der Waals surface area contributed by atoms with Crippen LogP contribution >= 0.6 is 11.3 Å². The van der Waals surface area contributed by atoms with E-state index in [0.717, 1.165) is 21.5 Å². The van der Waals surface area contributed by atoms with Crippen molar-refractivity contribution in [2.24, 2.45) is 0 Å². The molecule has 0 bridgehead atoms. The number of nitrogens with zero attached hydrogens (tertiary/aromatic N) is 1. The SMILES string of the molecule is CCOc1ccc(/C=C/C(=O)Nc2nc3c(OC)cccc3s2)cc1. The molecule has 0 unspecified atom stereocenters. The van der Waals surface area contributed by atoms with Crippen molar-refractivity contribution in [1.29, 1.82) is 0 Å². The molecule has 0 aliphatic carbocycles. The summed E-state index contributed by atoms with van der Waals surface area (Å²) < 4.78 is 11.6. The molecule has 0 radical (unpaired) electrons. The Kier molecular flexibility index (Phi) is 5.30. The lowest BCUT2D eigenvalue weighted by atomic mass is 10.2. The van der Waals surface area contributed by atoms with E-state index in [1.165, 1.54) is 17.4 Å². The molecule has 2 aromatic carbocycles. The highest BCUT2D eigenvalue weighted by molar-refractivity contribution is 7.22. The van der Waals surface area contributed by atoms with Crippen molar-refractivity contribution >= 4 is 38.7 Å². The minimum absolute atomic E-state index is 0.230. The van der Waals surface area contributed by atoms with Gasteiger partial charge in [0.1, 0.15) is 17.0 Å². The van der Waals surface area contributed by atoms with Crippen molar-refractivity contribution in [1.82, 2.24) is 4.98 Å². The first-order valence-electron chi connectivity index (χ1n) is 7.85. The van der Waals surface area contributed by atoms with Gasteiger partial charge in [-0.15, -0.1) is 0 Å². The number of para-hydroxylation sites is 1. The Morgan fingerprint density at radius 3 is 2.76 bits per heavy atom. The van der Waals surface area contributed by atoms with Gasteiger partial charge in [-0.3, -0.25) is 10.1 Å². The smallest absolute Gasteiger partial charge is 0.250 e. The van der Waals surface area contributed by atoms with Crippen LogP contribution in [-0.4, -0.2) is 24.6 Å². The van der Waals surface area contributed by atoms with Crippen LogP contribution < -0.4 is 14.8 Å². The van der Waals surface area contributed by atoms with E-state index in [2.05, 4.69) is 10.3 Å². The maximum Gasteiger partial charge on any atom is 0.250 e. The van der Waals surface area contributed by atoms with Gasteiger partial charge in [0.05, 0.1) is 18.4 Å². The fourth-order valence-electron chi connectivity index (χ4n) is 2.30. The fourth-order valence-corrected chi connectivity index (χ4v) is 3.19. The number of rotatable bonds is 6. The molecule has 3 rings (SSSR count). The Morgan fingerprint density at radius 1 is 1.24 bits per heavy atom. The zero-order valence-electron chi connectivity index (χ0n) is 14.0. The molecule has 0 saturated carbocycles. The van der Waals surface area contributed by atoms with Gasteiger partial charge in [-0.1, -0.05) is 29.5 Å². The van der Waals surface area contributed by atoms with E-state index in [0.29, 0.717) is 17.5 Å². The number of aromatic nitrogens is 1. The van der Waals surface area contributed by atoms with Gasteiger partial charge in [-0.05, 0) is 42.8 Å². The third-order valence-corrected chi connectivity index (χ3v) is 4.39. The molecule has 5 nitrogen and oxygen atoms in total. The van der Waals surface area contributed by atoms with Gasteiger partial charge in [0.15, 0.2) is 5.13 Å². The van der Waals surface area contributed by atoms with Crippen LogP contribution in [0.5, 0.6) is 11.5 Å². The van der Waals surface area contributed by atoms with Gasteiger partial charge in [0.25, 0.3) is 0 Å². The number of hydrogen-bond acceptors (Lipinski definition) is 5. The third-order valence-electron chi connectivity index (χ3n) is 3.45. The Morgan fingerprint density at radius 2 is 2.04 bits per heavy atom. The number of carbonyl (C=O) groups is 1. The minimum atomic E-state index is -0.230. The topological polar surface area (TPSA) is 60.5 Å². The van der Waals surface area contributed by atoms with Crippen molar-refractivity contribution in [3.05, 3.63) is 54.1 Å². The summed E-state index contributed by atoms with van der Waals surface area (Å²) in [5.41, 5.74) is 1.67. The normalized spacial score (nSPS) is 11.0. The van der Waals surface area contributed by atoms with E-state index in [1.807, 2.05) is 49.4 Å². The molecular formula is C19H18N2O3S. The number of amides is 1. The van der Waals surface area contributed by atoms with Gasteiger partial charge < -0.3 is 9.47 Å². The van der Waals surface area contributed by atoms with Crippen LogP contribution in [0.1, 0.15) is 12.5 Å². The largest absolute Gasteiger partial charge is 0.494 e. The molecule has 0 fully saturated rings. The second-order valence-electron chi connectivity index (χ2n) is 5.15. The fraction of sp³-hybridized carbons (Fsp3) is 0.158. The molecule has 128 valence electrons. The lowest BCUT2D eigenvalue weighted by Gasteiger charge is -2.02. The molecule has 25 heavy (non-hydrogen) atoms. The number of anilines is 1. The molecule has 6 heteroatoms. The summed E-state index contributed by atoms with van der Waals surface area (Å²) in [5, 5.41) is 3.33. The quantitative estimate of drug-likeness (QED) is 0.668. The average molecular weight is 354 g/mol. The summed E-state index contributed by atoms with van der Waals surface area (Å²) in [5.74, 6) is 1.28. The zero-order valence-corrected chi connectivity index (χ0v) is 14.8. The van der Waals surface area contributed by atoms with Crippen molar-refractivity contribution in [3.63, 3.8) is 0 Å². The summed E-state index contributed by atoms with van der Waals surface area (Å²) in [6.45, 7) is 2.57. The summed E-state index contributed by atoms with van der Waals surface area (Å²) in [6.07, 6.45) is 3.23. The molecule has 1 amide bonds. The molecule has 0 atom stereocenters. The maximum atomic E-state index is 12.1. The molecule has 0 spiro atoms. The van der Waals surface area contributed by atoms with Crippen LogP contribution in [-0.2, 0) is 4.79 Å². The number of ether oxygens (including phenoxy) is 2. The average Bonchev–Trinajstić information content (AvgIpc) is 3.03. The number of carbonyl (C=O) groups excluding carboxylic acids is 1. The van der Waals surface area contributed by atoms with Crippen LogP contribution in [0.25, 0.3) is 16.3 Å². The minimum Gasteiger partial charge on any atom is -0.494 e. The summed E-state index contributed by atoms with van der Waals surface area (Å²) in [4.78, 5) is 16.5. The number of methoxy groups -OCH3 is 1. The molecule has 1 N–H and O–H groups in total. The third kappa shape index (κ3) is 4.16. The van der Waals surface area contributed by atoms with E-state index in [1.54, 1.807) is 13.2 Å². The first-order chi connectivity index (χ1) is 12.2. The summed E-state index contributed by atoms with van der Waals surface area (Å²) >= 11 is 1.41. The number of fused-ring (bicyclic) bond motifs is 1. The Balaban J connectivity index is 1.67. The van der Waals surface area contributed by atoms with Crippen molar-refractivity contribution in [2.45, 2.75) is 6.92 Å². The van der Waals surface area contributed by atoms with Crippen LogP contribution in [0, 0.1) is 0 Å². The predicted octanol–water partition coefficient (Wildman–Crippen LogP) is 4.36. The molecule has 1 aromatic heterocycles. The Labute approximate surface area is 149 Å². The molecule has 1 heterocycles. The van der Waals surface area contributed by atoms with E-state index >= 15 is 0 Å². The second kappa shape index (κ2) is 7.81. The highest BCUT2D eigenvalue weighted by Crippen LogP contribution is 2.32. The number of benzene rings is 2. The van der Waals surface area contributed by atoms with Gasteiger partial charge in [0.2, 0.25) is 5.91 Å². The first kappa shape index (κ1) is 17.0. The van der Waals surface area contributed by atoms with E-state index < -0.39 is 0 Å². The van der Waals surface area contributed by atoms with E-state index in [-0.39, 0.29) is 5.91 Å². The lowest BCUT2D eigenvalue weighted by Crippen LogP contribution is -2.07. The highest BCUT2D eigenvalue weighted by atomic mass is 32.1. The standard InChI is InChI=1S/C19H18N2O3S/c1-3-24-14-10-7-13(8-11-14)9-12-17(22)20-19-21-18-15(23-2)5-4-6-16(18)25-19/h4-12H,3H2,1-2H3,(H,20,21,22)/b12-9+. The first-order valence-corrected chi connectivity index (χ1v) is 8.66. The summed E-state index contributed by atoms with van der Waals surface area (Å²) in [6, 6.07) is 13.2. The molecule has 0 aliphatic rings. The van der Waals surface area contributed by atoms with Crippen LogP contribution in [0.4, 0.5) is 5.13 Å². The maximum absolute atomic E-state index is 12.1. The van der Waals surface area contributed by atoms with Crippen LogP contribution in [0.3, 0.4) is 0 Å². The van der Waals surface area contributed by atoms with Gasteiger partial charge in [-0.25, -0.2) is 4.98 Å². The number of thiazole rings is 1. The highest BCUT2D eigenvalue weighted by Gasteiger charge is 2.09. The molecule has 0 aliphatic heterocycles. The molecule has 0 saturated heterocycles. The van der Waals surface area contributed by atoms with Crippen LogP contribution in [0.2, 0.25) is 0 Å². The zero-order chi connectivity index (χ0) is 17.6. The Bertz CT molecular complexity index is 901. The molecule has 3 aromatic rings. The monoisotopic (exact) mass is 354 g/mol. The van der Waals surface area contributed by atoms with Crippen molar-refractivity contribution in [3.8, 4) is 11.5 Å². The molecular weight excluding hydrogens is 336 g/mol. The summed E-state index contributed by atoms with van der Waals surface area (Å²) in [7, 11) is 1.60. The van der Waals surface area contributed by atoms with E-state index in [4.69, 9.17) is 9.47 Å². The van der Waals surface area contributed by atoms with Crippen molar-refractivity contribution < 1.29 is 14.3 Å². The van der Waals surface area contributed by atoms with Crippen LogP contribution in [0.15, 0.2) is 48.5 Å². The van der Waals surface area contributed by atoms with Gasteiger partial charge in [-0.2, -0.15) is 0 Å². The van der Waals surface area contributed by atoms with E-state index in [9.17, 15) is 4.79 Å². The number of nitrogens with one attached hydrogen (secondary N) is 1. The lowest BCUT2D eigenvalue weighted by molar-refractivity contribution is -0.111. The van der Waals surface area contributed by atoms with Gasteiger partial charge >= 0.3 is 0 Å². The second-order valence-corrected chi connectivity index (χ2v) is 6.18. The Hall–Kier alpha value is -2.86. The predicted molar refractivity (Wildman–Crippen MR) is 101 cm³/mol. The number of hydrogen-bond donors (Lipinski definition) is 1. The van der Waals surface area contributed by atoms with Gasteiger partial charge in [0, 0.05) is 6.08 Å².